The highest BCUT2D eigenvalue weighted by Gasteiger charge is 2.29. The van der Waals surface area contributed by atoms with E-state index in [1.807, 2.05) is 23.1 Å². The molecule has 0 radical (unpaired) electrons. The summed E-state index contributed by atoms with van der Waals surface area (Å²) in [5.41, 5.74) is 3.61. The Hall–Kier alpha value is -3.66. The van der Waals surface area contributed by atoms with Crippen LogP contribution in [0.5, 0.6) is 11.5 Å². The van der Waals surface area contributed by atoms with Crippen molar-refractivity contribution in [3.05, 3.63) is 63.5 Å². The Labute approximate surface area is 211 Å². The van der Waals surface area contributed by atoms with E-state index in [4.69, 9.17) is 9.47 Å². The molecule has 1 aromatic heterocycles. The Kier molecular flexibility index (Phi) is 8.37. The largest absolute Gasteiger partial charge is 0.454 e. The molecule has 4 rings (SSSR count). The van der Waals surface area contributed by atoms with E-state index < -0.39 is 0 Å². The van der Waals surface area contributed by atoms with Crippen molar-refractivity contribution in [2.45, 2.75) is 40.2 Å². The van der Waals surface area contributed by atoms with E-state index in [1.165, 1.54) is 17.5 Å². The summed E-state index contributed by atoms with van der Waals surface area (Å²) in [6, 6.07) is 6.00. The molecule has 0 spiro atoms. The Balaban J connectivity index is 1.36. The predicted octanol–water partition coefficient (Wildman–Crippen LogP) is 4.54. The molecule has 36 heavy (non-hydrogen) atoms. The van der Waals surface area contributed by atoms with E-state index in [1.54, 1.807) is 0 Å². The third-order valence-corrected chi connectivity index (χ3v) is 6.31. The van der Waals surface area contributed by atoms with Gasteiger partial charge in [-0.15, -0.1) is 0 Å². The van der Waals surface area contributed by atoms with Gasteiger partial charge in [-0.05, 0) is 51.3 Å². The minimum atomic E-state index is -0.387. The molecule has 2 aliphatic heterocycles. The highest BCUT2D eigenvalue weighted by Crippen LogP contribution is 2.34. The number of rotatable bonds is 10. The lowest BCUT2D eigenvalue weighted by atomic mass is 10.1. The van der Waals surface area contributed by atoms with Crippen LogP contribution in [0.25, 0.3) is 0 Å². The van der Waals surface area contributed by atoms with Gasteiger partial charge in [-0.25, -0.2) is 9.97 Å². The molecule has 1 fully saturated rings. The molecule has 3 heterocycles. The van der Waals surface area contributed by atoms with Crippen LogP contribution in [0.15, 0.2) is 47.8 Å². The van der Waals surface area contributed by atoms with Crippen molar-refractivity contribution in [2.24, 2.45) is 0 Å². The Bertz CT molecular complexity index is 1140. The summed E-state index contributed by atoms with van der Waals surface area (Å²) in [7, 11) is 0. The molecule has 0 atom stereocenters. The molecule has 1 aromatic carbocycles. The van der Waals surface area contributed by atoms with E-state index in [9.17, 15) is 10.1 Å². The summed E-state index contributed by atoms with van der Waals surface area (Å²) in [6.45, 7) is 10.6. The van der Waals surface area contributed by atoms with Gasteiger partial charge in [0.25, 0.3) is 0 Å². The minimum absolute atomic E-state index is 0.0719. The highest BCUT2D eigenvalue weighted by atomic mass is 16.7. The fourth-order valence-electron chi connectivity index (χ4n) is 4.33. The molecular weight excluding hydrogens is 460 g/mol. The van der Waals surface area contributed by atoms with Crippen LogP contribution in [-0.4, -0.2) is 59.3 Å². The number of nitrogens with zero attached hydrogens (tertiary/aromatic N) is 5. The van der Waals surface area contributed by atoms with Crippen LogP contribution in [-0.2, 0) is 6.54 Å². The topological polar surface area (TPSA) is 106 Å². The molecule has 1 N–H and O–H groups in total. The lowest BCUT2D eigenvalue weighted by molar-refractivity contribution is -0.383. The number of hydrogen-bond donors (Lipinski definition) is 1. The van der Waals surface area contributed by atoms with Crippen molar-refractivity contribution < 1.29 is 14.4 Å². The fourth-order valence-corrected chi connectivity index (χ4v) is 4.33. The van der Waals surface area contributed by atoms with E-state index in [0.29, 0.717) is 25.5 Å². The average molecular weight is 495 g/mol. The summed E-state index contributed by atoms with van der Waals surface area (Å²) < 4.78 is 10.9. The van der Waals surface area contributed by atoms with Crippen LogP contribution in [0.1, 0.15) is 39.2 Å². The van der Waals surface area contributed by atoms with Crippen molar-refractivity contribution in [3.63, 3.8) is 0 Å². The minimum Gasteiger partial charge on any atom is -0.454 e. The predicted molar refractivity (Wildman–Crippen MR) is 140 cm³/mol. The normalized spacial score (nSPS) is 15.6. The van der Waals surface area contributed by atoms with Crippen LogP contribution in [0, 0.1) is 10.1 Å². The van der Waals surface area contributed by atoms with Crippen molar-refractivity contribution in [3.8, 4) is 11.5 Å². The number of nitro groups is 1. The SMILES string of the molecule is CC(C)=CCCC(C)=CCNc1ncnc(N2CCN(Cc3ccc4c(c3)OCO4)CC2)c1[N+](=O)[O-]. The number of anilines is 2. The van der Waals surface area contributed by atoms with E-state index in [2.05, 4.69) is 53.1 Å². The molecule has 0 amide bonds. The Morgan fingerprint density at radius 1 is 1.11 bits per heavy atom. The molecule has 1 saturated heterocycles. The first-order valence-electron chi connectivity index (χ1n) is 12.3. The lowest BCUT2D eigenvalue weighted by Gasteiger charge is -2.35. The zero-order valence-corrected chi connectivity index (χ0v) is 21.2. The first kappa shape index (κ1) is 25.4. The quantitative estimate of drug-likeness (QED) is 0.289. The van der Waals surface area contributed by atoms with Crippen molar-refractivity contribution in [1.82, 2.24) is 14.9 Å². The number of fused-ring (bicyclic) bond motifs is 1. The number of nitrogens with one attached hydrogen (secondary N) is 1. The standard InChI is InChI=1S/C26H34N6O4/c1-19(2)5-4-6-20(3)9-10-27-25-24(32(33)34)26(29-17-28-25)31-13-11-30(12-14-31)16-21-7-8-22-23(15-21)36-18-35-22/h5,7-9,15,17H,4,6,10-14,16,18H2,1-3H3,(H,27,28,29). The monoisotopic (exact) mass is 494 g/mol. The van der Waals surface area contributed by atoms with Crippen molar-refractivity contribution >= 4 is 17.3 Å². The molecule has 2 aromatic rings. The maximum absolute atomic E-state index is 12.0. The maximum atomic E-state index is 12.0. The van der Waals surface area contributed by atoms with E-state index in [0.717, 1.165) is 49.5 Å². The van der Waals surface area contributed by atoms with E-state index in [-0.39, 0.29) is 23.2 Å². The van der Waals surface area contributed by atoms with Crippen molar-refractivity contribution in [2.75, 3.05) is 49.7 Å². The van der Waals surface area contributed by atoms with Gasteiger partial charge in [0.05, 0.1) is 4.92 Å². The lowest BCUT2D eigenvalue weighted by Crippen LogP contribution is -2.46. The summed E-state index contributed by atoms with van der Waals surface area (Å²) in [6.07, 6.45) is 7.61. The van der Waals surface area contributed by atoms with Gasteiger partial charge in [0.1, 0.15) is 6.33 Å². The smallest absolute Gasteiger partial charge is 0.353 e. The molecule has 0 unspecified atom stereocenters. The fraction of sp³-hybridized carbons (Fsp3) is 0.462. The third-order valence-electron chi connectivity index (χ3n) is 6.31. The van der Waals surface area contributed by atoms with Crippen LogP contribution in [0.4, 0.5) is 17.3 Å². The zero-order valence-electron chi connectivity index (χ0n) is 21.2. The van der Waals surface area contributed by atoms with Crippen molar-refractivity contribution in [1.29, 1.82) is 0 Å². The van der Waals surface area contributed by atoms with Crippen LogP contribution in [0.2, 0.25) is 0 Å². The highest BCUT2D eigenvalue weighted by molar-refractivity contribution is 5.70. The first-order valence-corrected chi connectivity index (χ1v) is 12.3. The molecule has 10 heteroatoms. The Morgan fingerprint density at radius 3 is 2.64 bits per heavy atom. The van der Waals surface area contributed by atoms with Gasteiger partial charge in [-0.2, -0.15) is 0 Å². The molecule has 0 aliphatic carbocycles. The molecule has 192 valence electrons. The molecule has 0 bridgehead atoms. The molecular formula is C26H34N6O4. The molecule has 0 saturated carbocycles. The van der Waals surface area contributed by atoms with Gasteiger partial charge in [-0.1, -0.05) is 29.4 Å². The van der Waals surface area contributed by atoms with E-state index >= 15 is 0 Å². The van der Waals surface area contributed by atoms with Crippen LogP contribution in [0.3, 0.4) is 0 Å². The number of ether oxygens (including phenoxy) is 2. The second kappa shape index (κ2) is 11.9. The molecule has 2 aliphatic rings. The molecule has 10 nitrogen and oxygen atoms in total. The first-order chi connectivity index (χ1) is 17.4. The average Bonchev–Trinajstić information content (AvgIpc) is 3.32. The Morgan fingerprint density at radius 2 is 1.89 bits per heavy atom. The summed E-state index contributed by atoms with van der Waals surface area (Å²) in [4.78, 5) is 24.4. The number of aromatic nitrogens is 2. The number of piperazine rings is 1. The second-order valence-electron chi connectivity index (χ2n) is 9.35. The number of benzene rings is 1. The van der Waals surface area contributed by atoms with Crippen LogP contribution >= 0.6 is 0 Å². The zero-order chi connectivity index (χ0) is 25.5. The summed E-state index contributed by atoms with van der Waals surface area (Å²) in [5, 5.41) is 15.1. The summed E-state index contributed by atoms with van der Waals surface area (Å²) in [5.74, 6) is 2.17. The van der Waals surface area contributed by atoms with Gasteiger partial charge in [0.15, 0.2) is 11.5 Å². The van der Waals surface area contributed by atoms with Gasteiger partial charge >= 0.3 is 5.69 Å². The third kappa shape index (κ3) is 6.51. The van der Waals surface area contributed by atoms with Gasteiger partial charge in [-0.3, -0.25) is 15.0 Å². The number of allylic oxidation sites excluding steroid dienone is 3. The van der Waals surface area contributed by atoms with Crippen LogP contribution < -0.4 is 19.7 Å². The second-order valence-corrected chi connectivity index (χ2v) is 9.35. The maximum Gasteiger partial charge on any atom is 0.353 e. The van der Waals surface area contributed by atoms with Gasteiger partial charge in [0.2, 0.25) is 18.4 Å². The number of hydrogen-bond acceptors (Lipinski definition) is 9. The van der Waals surface area contributed by atoms with Gasteiger partial charge in [0, 0.05) is 39.3 Å². The summed E-state index contributed by atoms with van der Waals surface area (Å²) >= 11 is 0. The van der Waals surface area contributed by atoms with Gasteiger partial charge < -0.3 is 19.7 Å².